The van der Waals surface area contributed by atoms with E-state index < -0.39 is 12.0 Å². The summed E-state index contributed by atoms with van der Waals surface area (Å²) in [6.07, 6.45) is -0.0330. The lowest BCUT2D eigenvalue weighted by molar-refractivity contribution is -0.137. The number of hydrogen-bond donors (Lipinski definition) is 2. The minimum Gasteiger partial charge on any atom is -0.481 e. The Kier molecular flexibility index (Phi) is 3.47. The normalized spacial score (nSPS) is 12.8. The molecule has 1 rings (SSSR count). The molecule has 1 unspecified atom stereocenters. The Morgan fingerprint density at radius 2 is 2.46 bits per heavy atom. The van der Waals surface area contributed by atoms with Crippen molar-refractivity contribution in [2.24, 2.45) is 5.73 Å². The number of carbonyl (C=O) groups is 1. The highest BCUT2D eigenvalue weighted by atomic mass is 79.9. The molecule has 0 aliphatic heterocycles. The first-order chi connectivity index (χ1) is 6.00. The molecule has 0 aromatic carbocycles. The van der Waals surface area contributed by atoms with Gasteiger partial charge in [0.25, 0.3) is 0 Å². The third kappa shape index (κ3) is 2.79. The van der Waals surface area contributed by atoms with E-state index in [-0.39, 0.29) is 6.42 Å². The average molecular weight is 264 g/mol. The fraction of sp³-hybridized carbons (Fsp3) is 0.375. The minimum absolute atomic E-state index is 0.0330. The molecule has 1 atom stereocenters. The van der Waals surface area contributed by atoms with Crippen molar-refractivity contribution in [1.82, 2.24) is 0 Å². The van der Waals surface area contributed by atoms with Gasteiger partial charge in [-0.1, -0.05) is 0 Å². The summed E-state index contributed by atoms with van der Waals surface area (Å²) in [5, 5.41) is 8.55. The molecular formula is C8H10BrNO2S. The van der Waals surface area contributed by atoms with Crippen LogP contribution in [0.15, 0.2) is 9.85 Å². The fourth-order valence-electron chi connectivity index (χ4n) is 1.06. The Morgan fingerprint density at radius 3 is 2.85 bits per heavy atom. The molecule has 1 heterocycles. The molecule has 0 saturated carbocycles. The molecule has 0 saturated heterocycles. The molecule has 72 valence electrons. The van der Waals surface area contributed by atoms with Gasteiger partial charge in [0.15, 0.2) is 0 Å². The van der Waals surface area contributed by atoms with E-state index >= 15 is 0 Å². The summed E-state index contributed by atoms with van der Waals surface area (Å²) in [4.78, 5) is 11.5. The Hall–Kier alpha value is -0.390. The first-order valence-corrected chi connectivity index (χ1v) is 5.35. The van der Waals surface area contributed by atoms with E-state index in [2.05, 4.69) is 15.9 Å². The van der Waals surface area contributed by atoms with Gasteiger partial charge in [0.1, 0.15) is 0 Å². The maximum atomic E-state index is 10.4. The zero-order valence-electron chi connectivity index (χ0n) is 7.08. The summed E-state index contributed by atoms with van der Waals surface area (Å²) < 4.78 is 0.929. The van der Waals surface area contributed by atoms with Crippen molar-refractivity contribution < 1.29 is 9.90 Å². The molecule has 0 aliphatic carbocycles. The highest BCUT2D eigenvalue weighted by Gasteiger charge is 2.15. The number of rotatable bonds is 3. The molecule has 5 heteroatoms. The molecule has 0 fully saturated rings. The maximum Gasteiger partial charge on any atom is 0.305 e. The molecular weight excluding hydrogens is 254 g/mol. The molecule has 0 aliphatic rings. The first kappa shape index (κ1) is 10.7. The topological polar surface area (TPSA) is 63.3 Å². The van der Waals surface area contributed by atoms with Gasteiger partial charge in [-0.3, -0.25) is 4.79 Å². The highest BCUT2D eigenvalue weighted by Crippen LogP contribution is 2.32. The number of carboxylic acid groups (broad SMARTS) is 1. The van der Waals surface area contributed by atoms with Crippen molar-refractivity contribution >= 4 is 33.2 Å². The third-order valence-electron chi connectivity index (χ3n) is 1.63. The summed E-state index contributed by atoms with van der Waals surface area (Å²) in [5.41, 5.74) is 6.59. The van der Waals surface area contributed by atoms with E-state index in [1.165, 1.54) is 0 Å². The lowest BCUT2D eigenvalue weighted by atomic mass is 10.1. The smallest absolute Gasteiger partial charge is 0.305 e. The number of thiophene rings is 1. The van der Waals surface area contributed by atoms with Gasteiger partial charge in [-0.25, -0.2) is 0 Å². The molecule has 13 heavy (non-hydrogen) atoms. The van der Waals surface area contributed by atoms with Crippen LogP contribution in [0.4, 0.5) is 0 Å². The van der Waals surface area contributed by atoms with Crippen LogP contribution in [0, 0.1) is 6.92 Å². The number of nitrogens with two attached hydrogens (primary N) is 1. The van der Waals surface area contributed by atoms with Crippen LogP contribution >= 0.6 is 27.3 Å². The van der Waals surface area contributed by atoms with Crippen molar-refractivity contribution in [3.8, 4) is 0 Å². The van der Waals surface area contributed by atoms with Gasteiger partial charge in [0.05, 0.1) is 10.2 Å². The number of aryl methyl sites for hydroxylation is 1. The van der Waals surface area contributed by atoms with Gasteiger partial charge in [-0.2, -0.15) is 0 Å². The lowest BCUT2D eigenvalue weighted by Gasteiger charge is -2.06. The molecule has 3 nitrogen and oxygen atoms in total. The number of hydrogen-bond acceptors (Lipinski definition) is 3. The predicted molar refractivity (Wildman–Crippen MR) is 55.9 cm³/mol. The van der Waals surface area contributed by atoms with Crippen molar-refractivity contribution in [1.29, 1.82) is 0 Å². The van der Waals surface area contributed by atoms with Crippen molar-refractivity contribution in [3.63, 3.8) is 0 Å². The van der Waals surface area contributed by atoms with Crippen LogP contribution in [-0.2, 0) is 4.79 Å². The Balaban J connectivity index is 2.81. The van der Waals surface area contributed by atoms with Gasteiger partial charge in [0.2, 0.25) is 0 Å². The summed E-state index contributed by atoms with van der Waals surface area (Å²) in [5.74, 6) is -0.872. The summed E-state index contributed by atoms with van der Waals surface area (Å²) >= 11 is 4.92. The SMILES string of the molecule is Cc1cc(C(N)CC(=O)O)c(Br)s1. The molecule has 0 bridgehead atoms. The van der Waals surface area contributed by atoms with E-state index in [1.54, 1.807) is 11.3 Å². The van der Waals surface area contributed by atoms with Crippen molar-refractivity contribution in [3.05, 3.63) is 20.3 Å². The minimum atomic E-state index is -0.872. The van der Waals surface area contributed by atoms with Crippen LogP contribution in [0.1, 0.15) is 22.9 Å². The summed E-state index contributed by atoms with van der Waals surface area (Å²) in [6, 6.07) is 1.50. The maximum absolute atomic E-state index is 10.4. The van der Waals surface area contributed by atoms with E-state index in [0.29, 0.717) is 0 Å². The Bertz CT molecular complexity index is 324. The van der Waals surface area contributed by atoms with Crippen LogP contribution < -0.4 is 5.73 Å². The second-order valence-electron chi connectivity index (χ2n) is 2.79. The van der Waals surface area contributed by atoms with Crippen LogP contribution in [0.3, 0.4) is 0 Å². The summed E-state index contributed by atoms with van der Waals surface area (Å²) in [7, 11) is 0. The summed E-state index contributed by atoms with van der Waals surface area (Å²) in [6.45, 7) is 1.96. The Labute approximate surface area is 88.7 Å². The monoisotopic (exact) mass is 263 g/mol. The molecule has 0 amide bonds. The molecule has 1 aromatic heterocycles. The number of aliphatic carboxylic acids is 1. The quantitative estimate of drug-likeness (QED) is 0.880. The van der Waals surface area contributed by atoms with Crippen LogP contribution in [0.5, 0.6) is 0 Å². The first-order valence-electron chi connectivity index (χ1n) is 3.74. The van der Waals surface area contributed by atoms with E-state index in [1.807, 2.05) is 13.0 Å². The molecule has 0 spiro atoms. The van der Waals surface area contributed by atoms with Gasteiger partial charge in [-0.05, 0) is 34.5 Å². The zero-order valence-corrected chi connectivity index (χ0v) is 9.48. The highest BCUT2D eigenvalue weighted by molar-refractivity contribution is 9.11. The largest absolute Gasteiger partial charge is 0.481 e. The van der Waals surface area contributed by atoms with Crippen LogP contribution in [0.25, 0.3) is 0 Å². The van der Waals surface area contributed by atoms with Crippen LogP contribution in [0.2, 0.25) is 0 Å². The van der Waals surface area contributed by atoms with Gasteiger partial charge in [0, 0.05) is 10.9 Å². The molecule has 3 N–H and O–H groups in total. The van der Waals surface area contributed by atoms with Crippen LogP contribution in [-0.4, -0.2) is 11.1 Å². The van der Waals surface area contributed by atoms with Gasteiger partial charge < -0.3 is 10.8 Å². The second kappa shape index (κ2) is 4.21. The van der Waals surface area contributed by atoms with Crippen molar-refractivity contribution in [2.75, 3.05) is 0 Å². The zero-order chi connectivity index (χ0) is 10.0. The van der Waals surface area contributed by atoms with Crippen molar-refractivity contribution in [2.45, 2.75) is 19.4 Å². The second-order valence-corrected chi connectivity index (χ2v) is 5.36. The number of halogens is 1. The molecule has 0 radical (unpaired) electrons. The van der Waals surface area contributed by atoms with E-state index in [0.717, 1.165) is 14.2 Å². The van der Waals surface area contributed by atoms with E-state index in [9.17, 15) is 4.79 Å². The number of carboxylic acids is 1. The molecule has 1 aromatic rings. The fourth-order valence-corrected chi connectivity index (χ4v) is 3.03. The standard InChI is InChI=1S/C8H10BrNO2S/c1-4-2-5(8(9)13-4)6(10)3-7(11)12/h2,6H,3,10H2,1H3,(H,11,12). The Morgan fingerprint density at radius 1 is 1.85 bits per heavy atom. The average Bonchev–Trinajstić information content (AvgIpc) is 2.28. The lowest BCUT2D eigenvalue weighted by Crippen LogP contribution is -2.14. The van der Waals surface area contributed by atoms with Gasteiger partial charge >= 0.3 is 5.97 Å². The van der Waals surface area contributed by atoms with Gasteiger partial charge in [-0.15, -0.1) is 11.3 Å². The predicted octanol–water partition coefficient (Wildman–Crippen LogP) is 2.29. The van der Waals surface area contributed by atoms with E-state index in [4.69, 9.17) is 10.8 Å². The third-order valence-corrected chi connectivity index (χ3v) is 3.43.